The second-order valence-corrected chi connectivity index (χ2v) is 8.94. The number of aliphatic imine (C=N–C) groups is 1. The number of hydrogen-bond acceptors (Lipinski definition) is 6. The van der Waals surface area contributed by atoms with Crippen molar-refractivity contribution in [2.75, 3.05) is 46.3 Å². The monoisotopic (exact) mass is 538 g/mol. The molecule has 0 aromatic carbocycles. The highest BCUT2D eigenvalue weighted by Gasteiger charge is 2.25. The topological polar surface area (TPSA) is 82.1 Å². The lowest BCUT2D eigenvalue weighted by molar-refractivity contribution is 0.0147. The van der Waals surface area contributed by atoms with E-state index >= 15 is 0 Å². The molecule has 1 aliphatic heterocycles. The van der Waals surface area contributed by atoms with Crippen molar-refractivity contribution in [2.45, 2.75) is 46.3 Å². The van der Waals surface area contributed by atoms with Crippen LogP contribution in [0.25, 0.3) is 0 Å². The number of guanidine groups is 1. The number of rotatable bonds is 6. The predicted molar refractivity (Wildman–Crippen MR) is 129 cm³/mol. The van der Waals surface area contributed by atoms with E-state index in [0.717, 1.165) is 43.6 Å². The van der Waals surface area contributed by atoms with Crippen LogP contribution in [0.15, 0.2) is 11.2 Å². The molecular weight excluding hydrogens is 503 g/mol. The maximum Gasteiger partial charge on any atom is 0.410 e. The number of halogens is 1. The maximum atomic E-state index is 12.1. The van der Waals surface area contributed by atoms with Gasteiger partial charge in [-0.25, -0.2) is 9.78 Å². The molecule has 0 aliphatic carbocycles. The maximum absolute atomic E-state index is 12.1. The number of piperazine rings is 1. The number of carbonyl (C=O) groups is 1. The summed E-state index contributed by atoms with van der Waals surface area (Å²) in [6.07, 6.45) is 2.74. The van der Waals surface area contributed by atoms with Gasteiger partial charge in [0, 0.05) is 57.4 Å². The molecule has 1 aliphatic rings. The van der Waals surface area contributed by atoms with Gasteiger partial charge in [-0.1, -0.05) is 6.92 Å². The highest BCUT2D eigenvalue weighted by molar-refractivity contribution is 14.0. The Hall–Kier alpha value is -1.14. The van der Waals surface area contributed by atoms with Crippen molar-refractivity contribution in [3.05, 3.63) is 16.1 Å². The lowest BCUT2D eigenvalue weighted by Gasteiger charge is -2.35. The van der Waals surface area contributed by atoms with Gasteiger partial charge in [-0.3, -0.25) is 9.89 Å². The smallest absolute Gasteiger partial charge is 0.410 e. The van der Waals surface area contributed by atoms with Crippen molar-refractivity contribution >= 4 is 47.4 Å². The number of nitrogens with one attached hydrogen (secondary N) is 2. The Labute approximate surface area is 195 Å². The van der Waals surface area contributed by atoms with Gasteiger partial charge in [0.05, 0.1) is 6.54 Å². The first-order chi connectivity index (χ1) is 13.3. The van der Waals surface area contributed by atoms with E-state index in [0.29, 0.717) is 19.6 Å². The molecule has 166 valence electrons. The number of ether oxygens (including phenoxy) is 1. The minimum absolute atomic E-state index is 0. The zero-order chi connectivity index (χ0) is 20.6. The highest BCUT2D eigenvalue weighted by Crippen LogP contribution is 2.13. The van der Waals surface area contributed by atoms with Crippen LogP contribution in [0, 0.1) is 0 Å². The molecule has 10 heteroatoms. The molecule has 1 aromatic rings. The van der Waals surface area contributed by atoms with Crippen molar-refractivity contribution in [3.8, 4) is 0 Å². The SMILES string of the molecule is CCc1cnc(CNC(=NC)NCCN2CCN(C(=O)OC(C)(C)C)CC2)s1.I. The van der Waals surface area contributed by atoms with Crippen LogP contribution in [0.3, 0.4) is 0 Å². The Kier molecular flexibility index (Phi) is 11.2. The molecule has 8 nitrogen and oxygen atoms in total. The van der Waals surface area contributed by atoms with Gasteiger partial charge in [-0.2, -0.15) is 0 Å². The number of amides is 1. The van der Waals surface area contributed by atoms with Gasteiger partial charge in [-0.05, 0) is 27.2 Å². The Morgan fingerprint density at radius 1 is 1.28 bits per heavy atom. The molecule has 2 heterocycles. The number of carbonyl (C=O) groups excluding carboxylic acids is 1. The molecule has 0 radical (unpaired) electrons. The molecule has 29 heavy (non-hydrogen) atoms. The van der Waals surface area contributed by atoms with Crippen molar-refractivity contribution in [2.24, 2.45) is 4.99 Å². The zero-order valence-corrected chi connectivity index (χ0v) is 21.3. The molecular formula is C19H35IN6O2S. The first-order valence-electron chi connectivity index (χ1n) is 9.89. The van der Waals surface area contributed by atoms with E-state index in [4.69, 9.17) is 4.74 Å². The number of aryl methyl sites for hydroxylation is 1. The Morgan fingerprint density at radius 2 is 1.97 bits per heavy atom. The molecule has 1 aromatic heterocycles. The third-order valence-electron chi connectivity index (χ3n) is 4.33. The first-order valence-corrected chi connectivity index (χ1v) is 10.7. The minimum atomic E-state index is -0.447. The molecule has 0 spiro atoms. The van der Waals surface area contributed by atoms with Crippen LogP contribution in [0.2, 0.25) is 0 Å². The quantitative estimate of drug-likeness (QED) is 0.329. The lowest BCUT2D eigenvalue weighted by Crippen LogP contribution is -2.51. The fourth-order valence-corrected chi connectivity index (χ4v) is 3.59. The van der Waals surface area contributed by atoms with Gasteiger partial charge in [-0.15, -0.1) is 35.3 Å². The van der Waals surface area contributed by atoms with Crippen molar-refractivity contribution < 1.29 is 9.53 Å². The molecule has 1 fully saturated rings. The normalized spacial score (nSPS) is 15.6. The van der Waals surface area contributed by atoms with Crippen LogP contribution in [-0.2, 0) is 17.7 Å². The summed E-state index contributed by atoms with van der Waals surface area (Å²) in [5, 5.41) is 7.71. The fourth-order valence-electron chi connectivity index (χ4n) is 2.79. The summed E-state index contributed by atoms with van der Waals surface area (Å²) >= 11 is 1.73. The van der Waals surface area contributed by atoms with Crippen LogP contribution in [-0.4, -0.2) is 78.8 Å². The second-order valence-electron chi connectivity index (χ2n) is 7.74. The summed E-state index contributed by atoms with van der Waals surface area (Å²) < 4.78 is 5.44. The largest absolute Gasteiger partial charge is 0.444 e. The average Bonchev–Trinajstić information content (AvgIpc) is 3.11. The average molecular weight is 539 g/mol. The van der Waals surface area contributed by atoms with Crippen molar-refractivity contribution in [3.63, 3.8) is 0 Å². The number of aromatic nitrogens is 1. The number of hydrogen-bond donors (Lipinski definition) is 2. The molecule has 1 amide bonds. The third kappa shape index (κ3) is 9.47. The van der Waals surface area contributed by atoms with Gasteiger partial charge in [0.1, 0.15) is 10.6 Å². The van der Waals surface area contributed by atoms with E-state index in [1.54, 1.807) is 23.3 Å². The summed E-state index contributed by atoms with van der Waals surface area (Å²) in [5.74, 6) is 0.778. The van der Waals surface area contributed by atoms with Crippen LogP contribution < -0.4 is 10.6 Å². The fraction of sp³-hybridized carbons (Fsp3) is 0.737. The van der Waals surface area contributed by atoms with E-state index < -0.39 is 5.60 Å². The van der Waals surface area contributed by atoms with E-state index in [1.165, 1.54) is 4.88 Å². The molecule has 2 N–H and O–H groups in total. The van der Waals surface area contributed by atoms with Crippen LogP contribution in [0.4, 0.5) is 4.79 Å². The molecule has 0 saturated carbocycles. The van der Waals surface area contributed by atoms with Gasteiger partial charge in [0.2, 0.25) is 0 Å². The van der Waals surface area contributed by atoms with E-state index in [-0.39, 0.29) is 30.1 Å². The Morgan fingerprint density at radius 3 is 2.52 bits per heavy atom. The zero-order valence-electron chi connectivity index (χ0n) is 18.2. The van der Waals surface area contributed by atoms with Crippen molar-refractivity contribution in [1.29, 1.82) is 0 Å². The summed E-state index contributed by atoms with van der Waals surface area (Å²) in [7, 11) is 1.77. The summed E-state index contributed by atoms with van der Waals surface area (Å²) in [6.45, 7) is 13.3. The highest BCUT2D eigenvalue weighted by atomic mass is 127. The van der Waals surface area contributed by atoms with Gasteiger partial charge < -0.3 is 20.3 Å². The summed E-state index contributed by atoms with van der Waals surface area (Å²) in [6, 6.07) is 0. The molecule has 0 unspecified atom stereocenters. The molecule has 0 bridgehead atoms. The Balaban J connectivity index is 0.00000420. The van der Waals surface area contributed by atoms with E-state index in [1.807, 2.05) is 27.0 Å². The lowest BCUT2D eigenvalue weighted by atomic mass is 10.2. The summed E-state index contributed by atoms with van der Waals surface area (Å²) in [4.78, 5) is 26.2. The molecule has 2 rings (SSSR count). The van der Waals surface area contributed by atoms with Gasteiger partial charge >= 0.3 is 6.09 Å². The van der Waals surface area contributed by atoms with E-state index in [2.05, 4.69) is 32.4 Å². The summed E-state index contributed by atoms with van der Waals surface area (Å²) in [5.41, 5.74) is -0.447. The number of thiazole rings is 1. The third-order valence-corrected chi connectivity index (χ3v) is 5.47. The molecule has 0 atom stereocenters. The number of nitrogens with zero attached hydrogens (tertiary/aromatic N) is 4. The molecule has 1 saturated heterocycles. The minimum Gasteiger partial charge on any atom is -0.444 e. The van der Waals surface area contributed by atoms with Gasteiger partial charge in [0.25, 0.3) is 0 Å². The Bertz CT molecular complexity index is 653. The first kappa shape index (κ1) is 25.9. The van der Waals surface area contributed by atoms with Crippen LogP contribution in [0.1, 0.15) is 37.6 Å². The standard InChI is InChI=1S/C19H34N6O2S.HI/c1-6-15-13-22-16(28-15)14-23-17(20-5)21-7-8-24-9-11-25(12-10-24)18(26)27-19(2,3)4;/h13H,6-12,14H2,1-5H3,(H2,20,21,23);1H. The van der Waals surface area contributed by atoms with E-state index in [9.17, 15) is 4.79 Å². The van der Waals surface area contributed by atoms with Gasteiger partial charge in [0.15, 0.2) is 5.96 Å². The van der Waals surface area contributed by atoms with Crippen LogP contribution >= 0.6 is 35.3 Å². The van der Waals surface area contributed by atoms with Crippen molar-refractivity contribution in [1.82, 2.24) is 25.4 Å². The van der Waals surface area contributed by atoms with Crippen LogP contribution in [0.5, 0.6) is 0 Å². The second kappa shape index (κ2) is 12.5. The predicted octanol–water partition coefficient (Wildman–Crippen LogP) is 2.54.